The first-order valence-corrected chi connectivity index (χ1v) is 4.76. The van der Waals surface area contributed by atoms with Crippen molar-refractivity contribution in [1.29, 1.82) is 0 Å². The zero-order valence-corrected chi connectivity index (χ0v) is 8.33. The van der Waals surface area contributed by atoms with Crippen molar-refractivity contribution in [3.05, 3.63) is 53.6 Å². The molecule has 2 aromatic rings. The Hall–Kier alpha value is -1.47. The zero-order valence-electron chi connectivity index (χ0n) is 7.57. The van der Waals surface area contributed by atoms with Crippen molar-refractivity contribution in [2.45, 2.75) is 0 Å². The molecule has 0 amide bonds. The number of nitrogen functional groups attached to an aromatic ring is 1. The predicted molar refractivity (Wildman–Crippen MR) is 61.3 cm³/mol. The van der Waals surface area contributed by atoms with E-state index in [0.717, 1.165) is 11.1 Å². The third-order valence-corrected chi connectivity index (χ3v) is 2.42. The first-order chi connectivity index (χ1) is 6.79. The van der Waals surface area contributed by atoms with Gasteiger partial charge in [-0.25, -0.2) is 0 Å². The van der Waals surface area contributed by atoms with Crippen molar-refractivity contribution in [2.75, 3.05) is 5.73 Å². The normalized spacial score (nSPS) is 10.1. The van der Waals surface area contributed by atoms with Gasteiger partial charge in [-0.1, -0.05) is 48.0 Å². The van der Waals surface area contributed by atoms with E-state index in [1.165, 1.54) is 0 Å². The van der Waals surface area contributed by atoms with Gasteiger partial charge in [-0.3, -0.25) is 0 Å². The minimum Gasteiger partial charge on any atom is -0.398 e. The van der Waals surface area contributed by atoms with Gasteiger partial charge in [0, 0.05) is 11.3 Å². The first kappa shape index (κ1) is 9.10. The summed E-state index contributed by atoms with van der Waals surface area (Å²) in [6.45, 7) is 0. The van der Waals surface area contributed by atoms with Crippen molar-refractivity contribution >= 4 is 17.3 Å². The van der Waals surface area contributed by atoms with Gasteiger partial charge in [-0.05, 0) is 17.7 Å². The Morgan fingerprint density at radius 3 is 2.21 bits per heavy atom. The van der Waals surface area contributed by atoms with E-state index in [1.807, 2.05) is 48.5 Å². The van der Waals surface area contributed by atoms with Crippen molar-refractivity contribution < 1.29 is 0 Å². The van der Waals surface area contributed by atoms with Crippen LogP contribution in [0.4, 0.5) is 5.69 Å². The van der Waals surface area contributed by atoms with Crippen LogP contribution in [-0.4, -0.2) is 0 Å². The van der Waals surface area contributed by atoms with E-state index in [4.69, 9.17) is 17.3 Å². The maximum atomic E-state index is 6.08. The Morgan fingerprint density at radius 1 is 0.857 bits per heavy atom. The summed E-state index contributed by atoms with van der Waals surface area (Å²) in [4.78, 5) is 0. The molecule has 14 heavy (non-hydrogen) atoms. The Morgan fingerprint density at radius 2 is 1.57 bits per heavy atom. The van der Waals surface area contributed by atoms with Gasteiger partial charge in [0.25, 0.3) is 0 Å². The average molecular weight is 204 g/mol. The summed E-state index contributed by atoms with van der Waals surface area (Å²) in [5, 5.41) is 0.691. The molecule has 2 N–H and O–H groups in total. The second-order valence-corrected chi connectivity index (χ2v) is 3.48. The third-order valence-electron chi connectivity index (χ3n) is 2.11. The van der Waals surface area contributed by atoms with Crippen molar-refractivity contribution in [1.82, 2.24) is 0 Å². The molecule has 1 nitrogen and oxygen atoms in total. The Labute approximate surface area is 88.1 Å². The Bertz CT molecular complexity index is 417. The zero-order chi connectivity index (χ0) is 9.97. The molecular formula is C12H10ClN. The van der Waals surface area contributed by atoms with Crippen molar-refractivity contribution in [3.63, 3.8) is 0 Å². The number of rotatable bonds is 1. The topological polar surface area (TPSA) is 26.0 Å². The van der Waals surface area contributed by atoms with Crippen molar-refractivity contribution in [2.24, 2.45) is 0 Å². The molecule has 2 rings (SSSR count). The molecule has 0 spiro atoms. The van der Waals surface area contributed by atoms with Gasteiger partial charge in [-0.15, -0.1) is 0 Å². The molecule has 0 fully saturated rings. The summed E-state index contributed by atoms with van der Waals surface area (Å²) in [7, 11) is 0. The number of anilines is 1. The highest BCUT2D eigenvalue weighted by Crippen LogP contribution is 2.32. The molecule has 0 aromatic heterocycles. The molecule has 2 heteroatoms. The second-order valence-electron chi connectivity index (χ2n) is 3.07. The van der Waals surface area contributed by atoms with Crippen LogP contribution in [0.15, 0.2) is 48.5 Å². The van der Waals surface area contributed by atoms with Gasteiger partial charge >= 0.3 is 0 Å². The van der Waals surface area contributed by atoms with E-state index < -0.39 is 0 Å². The highest BCUT2D eigenvalue weighted by molar-refractivity contribution is 6.34. The number of nitrogens with two attached hydrogens (primary N) is 1. The summed E-state index contributed by atoms with van der Waals surface area (Å²) in [5.74, 6) is 0. The first-order valence-electron chi connectivity index (χ1n) is 4.38. The smallest absolute Gasteiger partial charge is 0.0505 e. The fraction of sp³-hybridized carbons (Fsp3) is 0. The van der Waals surface area contributed by atoms with Gasteiger partial charge < -0.3 is 5.73 Å². The molecule has 0 bridgehead atoms. The van der Waals surface area contributed by atoms with Crippen molar-refractivity contribution in [3.8, 4) is 11.1 Å². The number of hydrogen-bond acceptors (Lipinski definition) is 1. The molecule has 2 aromatic carbocycles. The van der Waals surface area contributed by atoms with Crippen LogP contribution in [0.3, 0.4) is 0 Å². The van der Waals surface area contributed by atoms with Gasteiger partial charge in [-0.2, -0.15) is 0 Å². The lowest BCUT2D eigenvalue weighted by atomic mass is 10.0. The molecule has 70 valence electrons. The molecular weight excluding hydrogens is 194 g/mol. The summed E-state index contributed by atoms with van der Waals surface area (Å²) < 4.78 is 0. The maximum Gasteiger partial charge on any atom is 0.0505 e. The van der Waals surface area contributed by atoms with Gasteiger partial charge in [0.1, 0.15) is 0 Å². The quantitative estimate of drug-likeness (QED) is 0.705. The summed E-state index contributed by atoms with van der Waals surface area (Å²) >= 11 is 6.08. The van der Waals surface area contributed by atoms with E-state index >= 15 is 0 Å². The van der Waals surface area contributed by atoms with Crippen LogP contribution in [0, 0.1) is 0 Å². The third kappa shape index (κ3) is 1.59. The lowest BCUT2D eigenvalue weighted by molar-refractivity contribution is 1.61. The molecule has 0 radical (unpaired) electrons. The van der Waals surface area contributed by atoms with Crippen LogP contribution in [-0.2, 0) is 0 Å². The molecule has 0 aliphatic carbocycles. The predicted octanol–water partition coefficient (Wildman–Crippen LogP) is 3.59. The van der Waals surface area contributed by atoms with Crippen LogP contribution in [0.5, 0.6) is 0 Å². The lowest BCUT2D eigenvalue weighted by Crippen LogP contribution is -1.90. The molecule has 0 atom stereocenters. The van der Waals surface area contributed by atoms with E-state index in [1.54, 1.807) is 0 Å². The minimum absolute atomic E-state index is 0.691. The van der Waals surface area contributed by atoms with E-state index in [0.29, 0.717) is 10.7 Å². The molecule has 0 aliphatic rings. The van der Waals surface area contributed by atoms with Gasteiger partial charge in [0.15, 0.2) is 0 Å². The average Bonchev–Trinajstić information content (AvgIpc) is 2.19. The summed E-state index contributed by atoms with van der Waals surface area (Å²) in [6.07, 6.45) is 0. The SMILES string of the molecule is Nc1cccc(Cl)c1-c1ccccc1. The van der Waals surface area contributed by atoms with Crippen LogP contribution in [0.1, 0.15) is 0 Å². The lowest BCUT2D eigenvalue weighted by Gasteiger charge is -2.07. The fourth-order valence-electron chi connectivity index (χ4n) is 1.45. The van der Waals surface area contributed by atoms with Crippen LogP contribution in [0.25, 0.3) is 11.1 Å². The monoisotopic (exact) mass is 203 g/mol. The number of benzene rings is 2. The minimum atomic E-state index is 0.691. The van der Waals surface area contributed by atoms with Gasteiger partial charge in [0.2, 0.25) is 0 Å². The highest BCUT2D eigenvalue weighted by atomic mass is 35.5. The summed E-state index contributed by atoms with van der Waals surface area (Å²) in [6, 6.07) is 15.5. The molecule has 0 saturated carbocycles. The fourth-order valence-corrected chi connectivity index (χ4v) is 1.74. The molecule has 0 saturated heterocycles. The van der Waals surface area contributed by atoms with E-state index in [2.05, 4.69) is 0 Å². The van der Waals surface area contributed by atoms with Gasteiger partial charge in [0.05, 0.1) is 5.02 Å². The second kappa shape index (κ2) is 3.72. The van der Waals surface area contributed by atoms with Crippen LogP contribution in [0.2, 0.25) is 5.02 Å². The molecule has 0 heterocycles. The van der Waals surface area contributed by atoms with Crippen LogP contribution >= 0.6 is 11.6 Å². The Balaban J connectivity index is 2.63. The maximum absolute atomic E-state index is 6.08. The van der Waals surface area contributed by atoms with E-state index in [-0.39, 0.29) is 0 Å². The van der Waals surface area contributed by atoms with E-state index in [9.17, 15) is 0 Å². The Kier molecular flexibility index (Phi) is 2.42. The highest BCUT2D eigenvalue weighted by Gasteiger charge is 2.05. The number of hydrogen-bond donors (Lipinski definition) is 1. The summed E-state index contributed by atoms with van der Waals surface area (Å²) in [5.41, 5.74) is 8.54. The molecule has 0 unspecified atom stereocenters. The number of halogens is 1. The largest absolute Gasteiger partial charge is 0.398 e. The van der Waals surface area contributed by atoms with Crippen LogP contribution < -0.4 is 5.73 Å². The standard InChI is InChI=1S/C12H10ClN/c13-10-7-4-8-11(14)12(10)9-5-2-1-3-6-9/h1-8H,14H2. The molecule has 0 aliphatic heterocycles.